The Labute approximate surface area is 181 Å². The lowest BCUT2D eigenvalue weighted by Crippen LogP contribution is -2.23. The van der Waals surface area contributed by atoms with Crippen molar-refractivity contribution in [2.24, 2.45) is 0 Å². The number of rotatable bonds is 6. The minimum Gasteiger partial charge on any atom is -0.346 e. The molecule has 0 fully saturated rings. The maximum atomic E-state index is 12.7. The topological polar surface area (TPSA) is 51.9 Å². The zero-order valence-corrected chi connectivity index (χ0v) is 18.2. The lowest BCUT2D eigenvalue weighted by atomic mass is 10.1. The van der Waals surface area contributed by atoms with Crippen molar-refractivity contribution in [2.75, 3.05) is 0 Å². The van der Waals surface area contributed by atoms with Gasteiger partial charge in [-0.3, -0.25) is 9.48 Å². The zero-order chi connectivity index (χ0) is 21.3. The fourth-order valence-electron chi connectivity index (χ4n) is 3.75. The van der Waals surface area contributed by atoms with E-state index in [-0.39, 0.29) is 5.91 Å². The summed E-state index contributed by atoms with van der Waals surface area (Å²) in [5, 5.41) is 8.98. The molecule has 0 atom stereocenters. The maximum Gasteiger partial charge on any atom is 0.251 e. The molecule has 0 unspecified atom stereocenters. The highest BCUT2D eigenvalue weighted by molar-refractivity contribution is 6.31. The highest BCUT2D eigenvalue weighted by Crippen LogP contribution is 2.27. The first-order valence-electron chi connectivity index (χ1n) is 10.1. The van der Waals surface area contributed by atoms with E-state index in [9.17, 15) is 4.79 Å². The van der Waals surface area contributed by atoms with E-state index in [2.05, 4.69) is 53.1 Å². The molecule has 30 heavy (non-hydrogen) atoms. The molecule has 6 heteroatoms. The number of aromatic nitrogens is 3. The van der Waals surface area contributed by atoms with Gasteiger partial charge in [-0.2, -0.15) is 5.10 Å². The lowest BCUT2D eigenvalue weighted by molar-refractivity contribution is 0.0950. The third-order valence-electron chi connectivity index (χ3n) is 5.61. The van der Waals surface area contributed by atoms with E-state index < -0.39 is 0 Å². The van der Waals surface area contributed by atoms with Gasteiger partial charge in [0.15, 0.2) is 0 Å². The number of nitrogens with one attached hydrogen (secondary N) is 1. The molecule has 4 aromatic rings. The summed E-state index contributed by atoms with van der Waals surface area (Å²) in [5.74, 6) is -0.133. The number of benzene rings is 2. The lowest BCUT2D eigenvalue weighted by Gasteiger charge is -2.09. The normalized spacial score (nSPS) is 11.2. The van der Waals surface area contributed by atoms with Crippen LogP contribution in [0, 0.1) is 13.8 Å². The number of halogens is 1. The van der Waals surface area contributed by atoms with Gasteiger partial charge in [-0.1, -0.05) is 41.9 Å². The van der Waals surface area contributed by atoms with Crippen LogP contribution in [0.2, 0.25) is 5.02 Å². The molecule has 0 aliphatic carbocycles. The number of aryl methyl sites for hydroxylation is 2. The standard InChI is InChI=1S/C24H25ClN4O/c1-4-28-15-21(25)22(27-28)13-26-24(30)19-10-11-23-20(12-19)16(2)17(3)29(23)14-18-8-6-5-7-9-18/h5-12,15H,4,13-14H2,1-3H3,(H,26,30). The Morgan fingerprint density at radius 3 is 2.60 bits per heavy atom. The van der Waals surface area contributed by atoms with E-state index >= 15 is 0 Å². The van der Waals surface area contributed by atoms with Crippen LogP contribution in [-0.4, -0.2) is 20.3 Å². The van der Waals surface area contributed by atoms with Crippen LogP contribution in [0.5, 0.6) is 0 Å². The first-order valence-corrected chi connectivity index (χ1v) is 10.5. The molecule has 154 valence electrons. The third kappa shape index (κ3) is 3.85. The van der Waals surface area contributed by atoms with Gasteiger partial charge in [-0.05, 0) is 50.1 Å². The Morgan fingerprint density at radius 1 is 1.13 bits per heavy atom. The number of amides is 1. The molecular weight excluding hydrogens is 396 g/mol. The Hall–Kier alpha value is -3.05. The molecule has 0 radical (unpaired) electrons. The summed E-state index contributed by atoms with van der Waals surface area (Å²) in [7, 11) is 0. The molecule has 0 bridgehead atoms. The van der Waals surface area contributed by atoms with Crippen LogP contribution in [0.1, 0.15) is 39.8 Å². The Kier molecular flexibility index (Phi) is 5.64. The monoisotopic (exact) mass is 420 g/mol. The van der Waals surface area contributed by atoms with Gasteiger partial charge >= 0.3 is 0 Å². The highest BCUT2D eigenvalue weighted by atomic mass is 35.5. The number of nitrogens with zero attached hydrogens (tertiary/aromatic N) is 3. The van der Waals surface area contributed by atoms with Gasteiger partial charge in [0, 0.05) is 41.4 Å². The fourth-order valence-corrected chi connectivity index (χ4v) is 3.96. The van der Waals surface area contributed by atoms with Crippen molar-refractivity contribution in [3.05, 3.63) is 87.8 Å². The number of hydrogen-bond acceptors (Lipinski definition) is 2. The van der Waals surface area contributed by atoms with Gasteiger partial charge in [-0.15, -0.1) is 0 Å². The minimum absolute atomic E-state index is 0.133. The molecule has 0 spiro atoms. The predicted octanol–water partition coefficient (Wildman–Crippen LogP) is 5.11. The van der Waals surface area contributed by atoms with Gasteiger partial charge in [0.1, 0.15) is 5.69 Å². The van der Waals surface area contributed by atoms with Crippen molar-refractivity contribution in [3.8, 4) is 0 Å². The summed E-state index contributed by atoms with van der Waals surface area (Å²) in [6, 6.07) is 16.3. The summed E-state index contributed by atoms with van der Waals surface area (Å²) in [6.45, 7) is 8.08. The molecule has 0 aliphatic rings. The second kappa shape index (κ2) is 8.36. The van der Waals surface area contributed by atoms with E-state index in [1.165, 1.54) is 16.8 Å². The van der Waals surface area contributed by atoms with Gasteiger partial charge < -0.3 is 9.88 Å². The Bertz CT molecular complexity index is 1210. The molecule has 4 rings (SSSR count). The van der Waals surface area contributed by atoms with Crippen molar-refractivity contribution in [3.63, 3.8) is 0 Å². The number of fused-ring (bicyclic) bond motifs is 1. The van der Waals surface area contributed by atoms with E-state index in [1.807, 2.05) is 31.2 Å². The summed E-state index contributed by atoms with van der Waals surface area (Å²) in [5.41, 5.74) is 6.10. The first-order chi connectivity index (χ1) is 14.5. The molecule has 2 heterocycles. The smallest absolute Gasteiger partial charge is 0.251 e. The van der Waals surface area contributed by atoms with Crippen LogP contribution in [-0.2, 0) is 19.6 Å². The molecule has 2 aromatic heterocycles. The van der Waals surface area contributed by atoms with Gasteiger partial charge in [0.2, 0.25) is 0 Å². The first kappa shape index (κ1) is 20.2. The molecule has 0 saturated carbocycles. The molecule has 0 saturated heterocycles. The number of hydrogen-bond donors (Lipinski definition) is 1. The van der Waals surface area contributed by atoms with E-state index in [1.54, 1.807) is 10.9 Å². The molecule has 0 aliphatic heterocycles. The Balaban J connectivity index is 1.57. The average molecular weight is 421 g/mol. The second-order valence-corrected chi connectivity index (χ2v) is 7.88. The number of carbonyl (C=O) groups is 1. The third-order valence-corrected chi connectivity index (χ3v) is 5.93. The summed E-state index contributed by atoms with van der Waals surface area (Å²) in [4.78, 5) is 12.7. The van der Waals surface area contributed by atoms with Gasteiger partial charge in [0.05, 0.1) is 11.6 Å². The highest BCUT2D eigenvalue weighted by Gasteiger charge is 2.15. The minimum atomic E-state index is -0.133. The summed E-state index contributed by atoms with van der Waals surface area (Å²) < 4.78 is 4.07. The van der Waals surface area contributed by atoms with Crippen LogP contribution in [0.25, 0.3) is 10.9 Å². The average Bonchev–Trinajstić information content (AvgIpc) is 3.24. The van der Waals surface area contributed by atoms with E-state index in [0.29, 0.717) is 22.8 Å². The van der Waals surface area contributed by atoms with Crippen molar-refractivity contribution in [2.45, 2.75) is 40.4 Å². The largest absolute Gasteiger partial charge is 0.346 e. The van der Waals surface area contributed by atoms with Crippen molar-refractivity contribution < 1.29 is 4.79 Å². The molecular formula is C24H25ClN4O. The molecule has 1 N–H and O–H groups in total. The van der Waals surface area contributed by atoms with E-state index in [0.717, 1.165) is 24.0 Å². The SMILES string of the molecule is CCn1cc(Cl)c(CNC(=O)c2ccc3c(c2)c(C)c(C)n3Cc2ccccc2)n1. The van der Waals surface area contributed by atoms with Crippen molar-refractivity contribution in [1.29, 1.82) is 0 Å². The predicted molar refractivity (Wildman–Crippen MR) is 121 cm³/mol. The quantitative estimate of drug-likeness (QED) is 0.471. The molecule has 5 nitrogen and oxygen atoms in total. The van der Waals surface area contributed by atoms with Gasteiger partial charge in [-0.25, -0.2) is 0 Å². The van der Waals surface area contributed by atoms with Crippen LogP contribution in [0.15, 0.2) is 54.7 Å². The Morgan fingerprint density at radius 2 is 1.90 bits per heavy atom. The van der Waals surface area contributed by atoms with E-state index in [4.69, 9.17) is 11.6 Å². The van der Waals surface area contributed by atoms with Crippen LogP contribution >= 0.6 is 11.6 Å². The summed E-state index contributed by atoms with van der Waals surface area (Å²) in [6.07, 6.45) is 1.77. The van der Waals surface area contributed by atoms with Crippen LogP contribution in [0.3, 0.4) is 0 Å². The summed E-state index contributed by atoms with van der Waals surface area (Å²) >= 11 is 6.20. The molecule has 2 aromatic carbocycles. The molecule has 1 amide bonds. The number of carbonyl (C=O) groups excluding carboxylic acids is 1. The zero-order valence-electron chi connectivity index (χ0n) is 17.4. The maximum absolute atomic E-state index is 12.7. The van der Waals surface area contributed by atoms with Crippen LogP contribution in [0.4, 0.5) is 0 Å². The van der Waals surface area contributed by atoms with Crippen LogP contribution < -0.4 is 5.32 Å². The fraction of sp³-hybridized carbons (Fsp3) is 0.250. The van der Waals surface area contributed by atoms with Gasteiger partial charge in [0.25, 0.3) is 5.91 Å². The van der Waals surface area contributed by atoms with Crippen molar-refractivity contribution >= 4 is 28.4 Å². The van der Waals surface area contributed by atoms with Crippen molar-refractivity contribution in [1.82, 2.24) is 19.7 Å². The second-order valence-electron chi connectivity index (χ2n) is 7.48.